The molecule has 4 atom stereocenters. The van der Waals surface area contributed by atoms with Crippen molar-refractivity contribution in [1.29, 1.82) is 5.26 Å². The summed E-state index contributed by atoms with van der Waals surface area (Å²) in [5, 5.41) is 8.03. The number of nitrogens with zero attached hydrogens (tertiary/aromatic N) is 5. The smallest absolute Gasteiger partial charge is 0.419 e. The van der Waals surface area contributed by atoms with Crippen LogP contribution in [0.2, 0.25) is 0 Å². The number of hydrogen-bond acceptors (Lipinski definition) is 8. The predicted molar refractivity (Wildman–Crippen MR) is 160 cm³/mol. The maximum Gasteiger partial charge on any atom is 0.419 e. The molecule has 2 N–H and O–H groups in total. The first-order chi connectivity index (χ1) is 23.0. The summed E-state index contributed by atoms with van der Waals surface area (Å²) < 4.78 is 154. The topological polar surface area (TPSA) is 91.3 Å². The van der Waals surface area contributed by atoms with Crippen molar-refractivity contribution in [2.24, 2.45) is 0 Å². The van der Waals surface area contributed by atoms with Gasteiger partial charge in [0.15, 0.2) is 12.3 Å². The highest BCUT2D eigenvalue weighted by molar-refractivity contribution is 7.23. The molecule has 3 fully saturated rings. The molecule has 260 valence electrons. The average molecular weight is 719 g/mol. The van der Waals surface area contributed by atoms with Gasteiger partial charge < -0.3 is 15.4 Å². The van der Waals surface area contributed by atoms with Gasteiger partial charge >= 0.3 is 18.4 Å². The zero-order valence-electron chi connectivity index (χ0n) is 25.0. The predicted octanol–water partition coefficient (Wildman–Crippen LogP) is 7.59. The zero-order chi connectivity index (χ0) is 35.2. The van der Waals surface area contributed by atoms with Crippen molar-refractivity contribution in [1.82, 2.24) is 14.9 Å². The SMILES string of the molecule is N#Cc1c(N)sc2c(F)ccc(-c3c(C(F)(F)F)cc4c(N5C[C@H](F)[C@@H](F)C5)nc(OC[C@@]56CCCN5C[C@H](F)C6)nc4c3C(F)(F)F)c12. The third-order valence-corrected chi connectivity index (χ3v) is 10.5. The van der Waals surface area contributed by atoms with E-state index < -0.39 is 116 Å². The normalized spacial score (nSPS) is 24.7. The lowest BCUT2D eigenvalue weighted by Crippen LogP contribution is -2.43. The van der Waals surface area contributed by atoms with Gasteiger partial charge in [0.25, 0.3) is 0 Å². The van der Waals surface area contributed by atoms with Gasteiger partial charge in [0.05, 0.1) is 45.5 Å². The lowest BCUT2D eigenvalue weighted by Gasteiger charge is -2.31. The molecule has 7 rings (SSSR count). The van der Waals surface area contributed by atoms with E-state index in [0.717, 1.165) is 4.90 Å². The zero-order valence-corrected chi connectivity index (χ0v) is 25.8. The number of thiophene rings is 1. The summed E-state index contributed by atoms with van der Waals surface area (Å²) in [7, 11) is 0. The van der Waals surface area contributed by atoms with Crippen LogP contribution in [-0.2, 0) is 12.4 Å². The Bertz CT molecular complexity index is 2020. The lowest BCUT2D eigenvalue weighted by atomic mass is 9.88. The fourth-order valence-electron chi connectivity index (χ4n) is 7.37. The van der Waals surface area contributed by atoms with Crippen LogP contribution in [0.5, 0.6) is 6.01 Å². The molecule has 0 unspecified atom stereocenters. The van der Waals surface area contributed by atoms with Crippen LogP contribution < -0.4 is 15.4 Å². The summed E-state index contributed by atoms with van der Waals surface area (Å²) in [6.45, 7) is -1.10. The summed E-state index contributed by atoms with van der Waals surface area (Å²) in [5.74, 6) is -1.67. The first-order valence-corrected chi connectivity index (χ1v) is 15.8. The Morgan fingerprint density at radius 3 is 2.41 bits per heavy atom. The van der Waals surface area contributed by atoms with Gasteiger partial charge in [-0.1, -0.05) is 6.07 Å². The van der Waals surface area contributed by atoms with Crippen LogP contribution >= 0.6 is 11.3 Å². The number of rotatable bonds is 5. The molecule has 3 saturated heterocycles. The van der Waals surface area contributed by atoms with Gasteiger partial charge in [-0.15, -0.1) is 11.3 Å². The second kappa shape index (κ2) is 11.5. The molecule has 0 bridgehead atoms. The molecule has 18 heteroatoms. The van der Waals surface area contributed by atoms with E-state index in [1.807, 2.05) is 4.90 Å². The number of alkyl halides is 9. The highest BCUT2D eigenvalue weighted by Gasteiger charge is 2.50. The Hall–Kier alpha value is -4.11. The quantitative estimate of drug-likeness (QED) is 0.213. The highest BCUT2D eigenvalue weighted by Crippen LogP contribution is 2.52. The molecule has 3 aliphatic rings. The monoisotopic (exact) mass is 718 g/mol. The number of hydrogen-bond donors (Lipinski definition) is 1. The van der Waals surface area contributed by atoms with Gasteiger partial charge in [0, 0.05) is 29.3 Å². The average Bonchev–Trinajstić information content (AvgIpc) is 3.74. The maximum absolute atomic E-state index is 15.3. The fourth-order valence-corrected chi connectivity index (χ4v) is 8.32. The summed E-state index contributed by atoms with van der Waals surface area (Å²) in [5.41, 5.74) is -2.64. The molecule has 0 amide bonds. The number of aromatic nitrogens is 2. The van der Waals surface area contributed by atoms with E-state index in [2.05, 4.69) is 9.97 Å². The molecule has 2 aromatic carbocycles. The minimum absolute atomic E-state index is 0.0606. The van der Waals surface area contributed by atoms with Gasteiger partial charge in [-0.25, -0.2) is 17.6 Å². The molecule has 0 spiro atoms. The standard InChI is InChI=1S/C31H24F10N6OS/c32-13-7-29(4-1-5-47(29)9-13)12-48-28-44-24-15(27(45-28)46-10-19(34)20(35)11-46)6-17(30(36,37)38)22(23(24)31(39,40)41)14-2-3-18(33)25-21(14)16(8-42)26(43)49-25/h2-3,6,13,19-20H,1,4-5,7,9-12,43H2/t13-,19+,20+,29+/m1/s1. The minimum atomic E-state index is -5.59. The molecular formula is C31H24F10N6OS. The minimum Gasteiger partial charge on any atom is -0.461 e. The molecule has 0 aliphatic carbocycles. The number of anilines is 2. The molecule has 0 radical (unpaired) electrons. The van der Waals surface area contributed by atoms with Crippen molar-refractivity contribution in [3.8, 4) is 23.2 Å². The molecule has 4 aromatic rings. The first kappa shape index (κ1) is 33.4. The van der Waals surface area contributed by atoms with Gasteiger partial charge in [-0.3, -0.25) is 4.90 Å². The van der Waals surface area contributed by atoms with Crippen LogP contribution in [0.1, 0.15) is 36.0 Å². The number of nitrogen functional groups attached to an aromatic ring is 1. The highest BCUT2D eigenvalue weighted by atomic mass is 32.1. The van der Waals surface area contributed by atoms with E-state index in [1.165, 1.54) is 0 Å². The lowest BCUT2D eigenvalue weighted by molar-refractivity contribution is -0.141. The first-order valence-electron chi connectivity index (χ1n) is 15.0. The number of nitriles is 1. The Labute approximate surface area is 274 Å². The number of nitrogens with two attached hydrogens (primary N) is 1. The Kier molecular flexibility index (Phi) is 7.82. The summed E-state index contributed by atoms with van der Waals surface area (Å²) >= 11 is 0.481. The van der Waals surface area contributed by atoms with Crippen molar-refractivity contribution < 1.29 is 48.6 Å². The molecule has 0 saturated carbocycles. The molecule has 3 aliphatic heterocycles. The van der Waals surface area contributed by atoms with Crippen molar-refractivity contribution in [3.05, 3.63) is 40.7 Å². The third-order valence-electron chi connectivity index (χ3n) is 9.45. The van der Waals surface area contributed by atoms with E-state index in [4.69, 9.17) is 10.5 Å². The van der Waals surface area contributed by atoms with Crippen LogP contribution in [-0.4, -0.2) is 71.7 Å². The number of halogens is 10. The second-order valence-electron chi connectivity index (χ2n) is 12.4. The van der Waals surface area contributed by atoms with Crippen LogP contribution in [0, 0.1) is 17.1 Å². The maximum atomic E-state index is 15.3. The van der Waals surface area contributed by atoms with E-state index in [1.54, 1.807) is 6.07 Å². The Morgan fingerprint density at radius 1 is 1.04 bits per heavy atom. The van der Waals surface area contributed by atoms with Crippen LogP contribution in [0.15, 0.2) is 18.2 Å². The summed E-state index contributed by atoms with van der Waals surface area (Å²) in [6.07, 6.45) is -15.3. The number of ether oxygens (including phenoxy) is 1. The van der Waals surface area contributed by atoms with Crippen molar-refractivity contribution in [2.75, 3.05) is 43.4 Å². The van der Waals surface area contributed by atoms with Gasteiger partial charge in [0.2, 0.25) is 0 Å². The second-order valence-corrected chi connectivity index (χ2v) is 13.5. The molecule has 2 aromatic heterocycles. The molecule has 7 nitrogen and oxygen atoms in total. The molecule has 49 heavy (non-hydrogen) atoms. The van der Waals surface area contributed by atoms with Crippen LogP contribution in [0.3, 0.4) is 0 Å². The molecule has 5 heterocycles. The van der Waals surface area contributed by atoms with E-state index in [0.29, 0.717) is 48.9 Å². The van der Waals surface area contributed by atoms with E-state index in [9.17, 15) is 36.0 Å². The summed E-state index contributed by atoms with van der Waals surface area (Å²) in [6, 6.07) is 2.61. The van der Waals surface area contributed by atoms with Crippen LogP contribution in [0.25, 0.3) is 32.1 Å². The largest absolute Gasteiger partial charge is 0.461 e. The van der Waals surface area contributed by atoms with Crippen LogP contribution in [0.4, 0.5) is 54.7 Å². The van der Waals surface area contributed by atoms with Crippen molar-refractivity contribution in [2.45, 2.75) is 55.7 Å². The van der Waals surface area contributed by atoms with Gasteiger partial charge in [-0.05, 0) is 37.1 Å². The number of benzene rings is 2. The van der Waals surface area contributed by atoms with Gasteiger partial charge in [-0.2, -0.15) is 41.6 Å². The summed E-state index contributed by atoms with van der Waals surface area (Å²) in [4.78, 5) is 10.8. The van der Waals surface area contributed by atoms with Crippen molar-refractivity contribution in [3.63, 3.8) is 0 Å². The third kappa shape index (κ3) is 5.45. The Balaban J connectivity index is 1.54. The van der Waals surface area contributed by atoms with E-state index >= 15 is 13.2 Å². The number of fused-ring (bicyclic) bond motifs is 3. The fraction of sp³-hybridized carbons (Fsp3) is 0.452. The van der Waals surface area contributed by atoms with Gasteiger partial charge in [0.1, 0.15) is 35.5 Å². The Morgan fingerprint density at radius 2 is 1.76 bits per heavy atom. The van der Waals surface area contributed by atoms with E-state index in [-0.39, 0.29) is 24.6 Å². The van der Waals surface area contributed by atoms with Crippen molar-refractivity contribution >= 4 is 43.1 Å². The molecular weight excluding hydrogens is 694 g/mol.